The molecule has 0 bridgehead atoms. The number of nitrogens with zero attached hydrogens (tertiary/aromatic N) is 1. The number of carboxylic acid groups (broad SMARTS) is 1. The van der Waals surface area contributed by atoms with Crippen molar-refractivity contribution in [2.45, 2.75) is 6.42 Å². The van der Waals surface area contributed by atoms with Crippen LogP contribution in [0.1, 0.15) is 27.1 Å². The van der Waals surface area contributed by atoms with Crippen LogP contribution in [0, 0.1) is 5.92 Å². The normalized spacial score (nSPS) is 20.4. The summed E-state index contributed by atoms with van der Waals surface area (Å²) in [5, 5.41) is 8.88. The van der Waals surface area contributed by atoms with E-state index < -0.39 is 5.97 Å². The Kier molecular flexibility index (Phi) is 3.24. The number of hydrogen-bond donors (Lipinski definition) is 1. The maximum Gasteiger partial charge on any atom is 0.335 e. The number of carbonyl (C=O) groups is 2. The summed E-state index contributed by atoms with van der Waals surface area (Å²) in [6.07, 6.45) is 0.854. The summed E-state index contributed by atoms with van der Waals surface area (Å²) in [4.78, 5) is 25.1. The predicted octanol–water partition coefficient (Wildman–Crippen LogP) is 1.52. The summed E-state index contributed by atoms with van der Waals surface area (Å²) in [7, 11) is 1.99. The molecule has 0 spiro atoms. The third-order valence-corrected chi connectivity index (χ3v) is 3.16. The molecule has 4 nitrogen and oxygen atoms in total. The van der Waals surface area contributed by atoms with Crippen molar-refractivity contribution in [2.24, 2.45) is 5.92 Å². The summed E-state index contributed by atoms with van der Waals surface area (Å²) >= 11 is 0. The van der Waals surface area contributed by atoms with Gasteiger partial charge < -0.3 is 10.0 Å². The largest absolute Gasteiger partial charge is 0.478 e. The molecular formula is C13H15NO3. The Balaban J connectivity index is 2.19. The number of rotatable bonds is 3. The topological polar surface area (TPSA) is 57.6 Å². The molecule has 0 amide bonds. The molecule has 1 aromatic carbocycles. The van der Waals surface area contributed by atoms with Crippen LogP contribution in [0.3, 0.4) is 0 Å². The average molecular weight is 233 g/mol. The van der Waals surface area contributed by atoms with Gasteiger partial charge in [0.05, 0.1) is 5.56 Å². The second-order valence-electron chi connectivity index (χ2n) is 4.50. The van der Waals surface area contributed by atoms with Crippen molar-refractivity contribution in [3.8, 4) is 0 Å². The van der Waals surface area contributed by atoms with E-state index in [2.05, 4.69) is 4.90 Å². The molecule has 17 heavy (non-hydrogen) atoms. The molecular weight excluding hydrogens is 218 g/mol. The highest BCUT2D eigenvalue weighted by atomic mass is 16.4. The van der Waals surface area contributed by atoms with Gasteiger partial charge in [0.15, 0.2) is 5.78 Å². The Hall–Kier alpha value is -1.68. The minimum absolute atomic E-state index is 0.00375. The Labute approximate surface area is 99.9 Å². The van der Waals surface area contributed by atoms with E-state index in [9.17, 15) is 9.59 Å². The fourth-order valence-corrected chi connectivity index (χ4v) is 2.19. The van der Waals surface area contributed by atoms with Crippen molar-refractivity contribution in [3.63, 3.8) is 0 Å². The zero-order valence-corrected chi connectivity index (χ0v) is 9.72. The first kappa shape index (κ1) is 11.8. The standard InChI is InChI=1S/C13H15NO3/c1-14-6-5-11(8-14)12(15)9-3-2-4-10(7-9)13(16)17/h2-4,7,11H,5-6,8H2,1H3,(H,16,17). The summed E-state index contributed by atoms with van der Waals surface area (Å²) in [6.45, 7) is 1.69. The van der Waals surface area contributed by atoms with E-state index in [-0.39, 0.29) is 17.3 Å². The highest BCUT2D eigenvalue weighted by molar-refractivity contribution is 6.00. The average Bonchev–Trinajstić information content (AvgIpc) is 2.75. The molecule has 1 N–H and O–H groups in total. The highest BCUT2D eigenvalue weighted by Crippen LogP contribution is 2.20. The van der Waals surface area contributed by atoms with Gasteiger partial charge in [-0.3, -0.25) is 4.79 Å². The zero-order valence-electron chi connectivity index (χ0n) is 9.72. The second-order valence-corrected chi connectivity index (χ2v) is 4.50. The lowest BCUT2D eigenvalue weighted by molar-refractivity contribution is 0.0697. The molecule has 1 fully saturated rings. The first-order valence-electron chi connectivity index (χ1n) is 5.64. The van der Waals surface area contributed by atoms with E-state index in [4.69, 9.17) is 5.11 Å². The van der Waals surface area contributed by atoms with Crippen LogP contribution in [-0.4, -0.2) is 41.9 Å². The number of carboxylic acids is 1. The zero-order chi connectivity index (χ0) is 12.4. The van der Waals surface area contributed by atoms with Gasteiger partial charge >= 0.3 is 5.97 Å². The van der Waals surface area contributed by atoms with E-state index in [1.165, 1.54) is 12.1 Å². The molecule has 1 unspecified atom stereocenters. The molecule has 2 rings (SSSR count). The van der Waals surface area contributed by atoms with Gasteiger partial charge in [0, 0.05) is 18.0 Å². The first-order valence-corrected chi connectivity index (χ1v) is 5.64. The number of benzene rings is 1. The maximum absolute atomic E-state index is 12.1. The van der Waals surface area contributed by atoms with Crippen LogP contribution >= 0.6 is 0 Å². The predicted molar refractivity (Wildman–Crippen MR) is 63.3 cm³/mol. The molecule has 1 heterocycles. The van der Waals surface area contributed by atoms with Crippen molar-refractivity contribution in [3.05, 3.63) is 35.4 Å². The minimum Gasteiger partial charge on any atom is -0.478 e. The monoisotopic (exact) mass is 233 g/mol. The fraction of sp³-hybridized carbons (Fsp3) is 0.385. The van der Waals surface area contributed by atoms with E-state index in [0.29, 0.717) is 5.56 Å². The molecule has 1 atom stereocenters. The van der Waals surface area contributed by atoms with Crippen molar-refractivity contribution in [1.82, 2.24) is 4.90 Å². The molecule has 0 radical (unpaired) electrons. The summed E-state index contributed by atoms with van der Waals surface area (Å²) < 4.78 is 0. The Bertz CT molecular complexity index is 456. The van der Waals surface area contributed by atoms with E-state index in [1.54, 1.807) is 12.1 Å². The van der Waals surface area contributed by atoms with Crippen LogP contribution in [0.2, 0.25) is 0 Å². The minimum atomic E-state index is -0.997. The number of carbonyl (C=O) groups excluding carboxylic acids is 1. The first-order chi connectivity index (χ1) is 8.08. The number of ketones is 1. The Morgan fingerprint density at radius 1 is 1.35 bits per heavy atom. The molecule has 0 aromatic heterocycles. The number of aromatic carboxylic acids is 1. The molecule has 4 heteroatoms. The summed E-state index contributed by atoms with van der Waals surface area (Å²) in [5.41, 5.74) is 0.674. The summed E-state index contributed by atoms with van der Waals surface area (Å²) in [5.74, 6) is -0.940. The van der Waals surface area contributed by atoms with Crippen molar-refractivity contribution >= 4 is 11.8 Å². The van der Waals surface area contributed by atoms with Crippen LogP contribution in [0.5, 0.6) is 0 Å². The molecule has 1 aromatic rings. The smallest absolute Gasteiger partial charge is 0.335 e. The van der Waals surface area contributed by atoms with Gasteiger partial charge in [-0.2, -0.15) is 0 Å². The maximum atomic E-state index is 12.1. The fourth-order valence-electron chi connectivity index (χ4n) is 2.19. The summed E-state index contributed by atoms with van der Waals surface area (Å²) in [6, 6.07) is 6.27. The number of Topliss-reactive ketones (excluding diaryl/α,β-unsaturated/α-hetero) is 1. The molecule has 1 saturated heterocycles. The lowest BCUT2D eigenvalue weighted by atomic mass is 9.96. The van der Waals surface area contributed by atoms with Crippen molar-refractivity contribution in [2.75, 3.05) is 20.1 Å². The SMILES string of the molecule is CN1CCC(C(=O)c2cccc(C(=O)O)c2)C1. The molecule has 0 aliphatic carbocycles. The van der Waals surface area contributed by atoms with Crippen molar-refractivity contribution in [1.29, 1.82) is 0 Å². The third kappa shape index (κ3) is 2.53. The molecule has 90 valence electrons. The number of likely N-dealkylation sites (tertiary alicyclic amines) is 1. The van der Waals surface area contributed by atoms with Gasteiger partial charge in [0.25, 0.3) is 0 Å². The van der Waals surface area contributed by atoms with Gasteiger partial charge in [-0.05, 0) is 32.1 Å². The Morgan fingerprint density at radius 2 is 2.06 bits per heavy atom. The van der Waals surface area contributed by atoms with Gasteiger partial charge in [-0.25, -0.2) is 4.79 Å². The van der Waals surface area contributed by atoms with E-state index in [1.807, 2.05) is 7.05 Å². The van der Waals surface area contributed by atoms with Gasteiger partial charge in [0.1, 0.15) is 0 Å². The van der Waals surface area contributed by atoms with Crippen LogP contribution in [0.25, 0.3) is 0 Å². The molecule has 1 aliphatic heterocycles. The van der Waals surface area contributed by atoms with Crippen LogP contribution < -0.4 is 0 Å². The molecule has 1 aliphatic rings. The highest BCUT2D eigenvalue weighted by Gasteiger charge is 2.27. The Morgan fingerprint density at radius 3 is 2.65 bits per heavy atom. The van der Waals surface area contributed by atoms with Gasteiger partial charge in [-0.1, -0.05) is 12.1 Å². The van der Waals surface area contributed by atoms with E-state index in [0.717, 1.165) is 19.5 Å². The van der Waals surface area contributed by atoms with Gasteiger partial charge in [0.2, 0.25) is 0 Å². The van der Waals surface area contributed by atoms with Crippen LogP contribution in [0.4, 0.5) is 0 Å². The lowest BCUT2D eigenvalue weighted by Crippen LogP contribution is -2.20. The quantitative estimate of drug-likeness (QED) is 0.804. The molecule has 0 saturated carbocycles. The second kappa shape index (κ2) is 4.67. The third-order valence-electron chi connectivity index (χ3n) is 3.16. The van der Waals surface area contributed by atoms with Gasteiger partial charge in [-0.15, -0.1) is 0 Å². The lowest BCUT2D eigenvalue weighted by Gasteiger charge is -2.09. The van der Waals surface area contributed by atoms with Crippen LogP contribution in [0.15, 0.2) is 24.3 Å². The van der Waals surface area contributed by atoms with E-state index >= 15 is 0 Å². The van der Waals surface area contributed by atoms with Crippen LogP contribution in [-0.2, 0) is 0 Å². The number of hydrogen-bond acceptors (Lipinski definition) is 3. The van der Waals surface area contributed by atoms with Crippen molar-refractivity contribution < 1.29 is 14.7 Å².